The molecular weight excluding hydrogens is 401 g/mol. The third-order valence-electron chi connectivity index (χ3n) is 3.92. The Labute approximate surface area is 180 Å². The Bertz CT molecular complexity index is 1100. The van der Waals surface area contributed by atoms with Crippen molar-refractivity contribution in [1.29, 1.82) is 0 Å². The summed E-state index contributed by atoms with van der Waals surface area (Å²) in [7, 11) is 1.60. The number of rotatable bonds is 10. The van der Waals surface area contributed by atoms with E-state index in [-0.39, 0.29) is 17.8 Å². The maximum Gasteiger partial charge on any atom is 0.247 e. The van der Waals surface area contributed by atoms with E-state index in [2.05, 4.69) is 32.5 Å². The summed E-state index contributed by atoms with van der Waals surface area (Å²) in [6.45, 7) is 4.32. The number of aromatic nitrogens is 2. The van der Waals surface area contributed by atoms with E-state index in [4.69, 9.17) is 10.8 Å². The molecular formula is C22H22FN5O3. The molecule has 0 spiro atoms. The number of nitrogens with zero attached hydrogens (tertiary/aromatic N) is 2. The van der Waals surface area contributed by atoms with Gasteiger partial charge < -0.3 is 25.4 Å². The number of hydrogen-bond acceptors (Lipinski definition) is 7. The Kier molecular flexibility index (Phi) is 7.01. The summed E-state index contributed by atoms with van der Waals surface area (Å²) in [5.74, 6) is -0.330. The number of benzene rings is 2. The zero-order chi connectivity index (χ0) is 22.9. The molecule has 3 aromatic rings. The number of hydrogen-bond donors (Lipinski definition) is 3. The highest BCUT2D eigenvalue weighted by atomic mass is 19.1. The minimum absolute atomic E-state index is 0.0892. The van der Waals surface area contributed by atoms with Crippen molar-refractivity contribution in [2.45, 2.75) is 0 Å². The molecule has 9 heteroatoms. The molecule has 0 aliphatic carbocycles. The van der Waals surface area contributed by atoms with Gasteiger partial charge in [-0.1, -0.05) is 12.6 Å². The standard InChI is InChI=1S/C22H22FN5O3/c1-3-20(29)25-16-5-4-6-17(13-16)26-21-19(23)14-24-22(28-21)27-15-7-9-18(10-8-15)31-12-11-30-2/h3-10,13-14H,1,11-12H2,2H3,(H,25,29)(H2,24,26,27,28)/i4D. The first kappa shape index (κ1) is 20.3. The van der Waals surface area contributed by atoms with Crippen LogP contribution in [0.2, 0.25) is 0 Å². The molecule has 0 bridgehead atoms. The molecule has 1 amide bonds. The second-order valence-electron chi connectivity index (χ2n) is 6.21. The minimum atomic E-state index is -0.676. The highest BCUT2D eigenvalue weighted by Gasteiger charge is 2.09. The average Bonchev–Trinajstić information content (AvgIpc) is 2.77. The fourth-order valence-corrected chi connectivity index (χ4v) is 2.47. The quantitative estimate of drug-likeness (QED) is 0.331. The number of halogens is 1. The molecule has 31 heavy (non-hydrogen) atoms. The van der Waals surface area contributed by atoms with Crippen LogP contribution in [0.1, 0.15) is 1.37 Å². The highest BCUT2D eigenvalue weighted by molar-refractivity contribution is 5.99. The third kappa shape index (κ3) is 6.51. The van der Waals surface area contributed by atoms with Crippen LogP contribution in [-0.2, 0) is 9.53 Å². The molecule has 0 unspecified atom stereocenters. The number of carbonyl (C=O) groups is 1. The van der Waals surface area contributed by atoms with E-state index in [0.29, 0.717) is 36.0 Å². The second kappa shape index (κ2) is 10.7. The molecule has 0 saturated heterocycles. The SMILES string of the molecule is [2H]c1cc(NC(=O)C=C)cc(Nc2nc(Nc3ccc(OCCOC)cc3)ncc2F)c1. The molecule has 160 valence electrons. The van der Waals surface area contributed by atoms with Gasteiger partial charge in [-0.05, 0) is 48.5 Å². The zero-order valence-corrected chi connectivity index (χ0v) is 16.8. The second-order valence-corrected chi connectivity index (χ2v) is 6.21. The van der Waals surface area contributed by atoms with Crippen molar-refractivity contribution in [3.05, 3.63) is 73.2 Å². The molecule has 1 heterocycles. The van der Waals surface area contributed by atoms with Crippen molar-refractivity contribution in [1.82, 2.24) is 9.97 Å². The Hall–Kier alpha value is -3.98. The highest BCUT2D eigenvalue weighted by Crippen LogP contribution is 2.23. The summed E-state index contributed by atoms with van der Waals surface area (Å²) < 4.78 is 32.6. The topological polar surface area (TPSA) is 97.4 Å². The van der Waals surface area contributed by atoms with Gasteiger partial charge in [0.1, 0.15) is 12.4 Å². The third-order valence-corrected chi connectivity index (χ3v) is 3.92. The van der Waals surface area contributed by atoms with Crippen LogP contribution >= 0.6 is 0 Å². The molecule has 8 nitrogen and oxygen atoms in total. The molecule has 1 aromatic heterocycles. The van der Waals surface area contributed by atoms with Gasteiger partial charge in [-0.25, -0.2) is 9.37 Å². The van der Waals surface area contributed by atoms with E-state index < -0.39 is 11.7 Å². The van der Waals surface area contributed by atoms with Crippen LogP contribution in [0.3, 0.4) is 0 Å². The maximum atomic E-state index is 14.3. The molecule has 0 fully saturated rings. The summed E-state index contributed by atoms with van der Waals surface area (Å²) in [6.07, 6.45) is 2.15. The molecule has 0 saturated carbocycles. The van der Waals surface area contributed by atoms with Crippen molar-refractivity contribution in [2.75, 3.05) is 36.3 Å². The van der Waals surface area contributed by atoms with Gasteiger partial charge in [-0.2, -0.15) is 4.98 Å². The van der Waals surface area contributed by atoms with E-state index in [0.717, 1.165) is 12.3 Å². The summed E-state index contributed by atoms with van der Waals surface area (Å²) >= 11 is 0. The van der Waals surface area contributed by atoms with Gasteiger partial charge in [0.15, 0.2) is 11.6 Å². The summed E-state index contributed by atoms with van der Waals surface area (Å²) in [5.41, 5.74) is 1.42. The van der Waals surface area contributed by atoms with Crippen LogP contribution in [0.5, 0.6) is 5.75 Å². The molecule has 2 aromatic carbocycles. The smallest absolute Gasteiger partial charge is 0.247 e. The first-order chi connectivity index (χ1) is 15.5. The van der Waals surface area contributed by atoms with Gasteiger partial charge in [0.05, 0.1) is 14.2 Å². The van der Waals surface area contributed by atoms with E-state index >= 15 is 0 Å². The predicted octanol–water partition coefficient (Wildman–Crippen LogP) is 4.25. The summed E-state index contributed by atoms with van der Waals surface area (Å²) in [4.78, 5) is 19.6. The monoisotopic (exact) mass is 424 g/mol. The first-order valence-corrected chi connectivity index (χ1v) is 9.30. The summed E-state index contributed by atoms with van der Waals surface area (Å²) in [6, 6.07) is 11.7. The van der Waals surface area contributed by atoms with E-state index in [1.54, 1.807) is 37.4 Å². The predicted molar refractivity (Wildman–Crippen MR) is 118 cm³/mol. The molecule has 3 rings (SSSR count). The van der Waals surface area contributed by atoms with Crippen LogP contribution in [0.4, 0.5) is 33.2 Å². The number of amides is 1. The van der Waals surface area contributed by atoms with E-state index in [9.17, 15) is 9.18 Å². The Morgan fingerprint density at radius 1 is 1.16 bits per heavy atom. The zero-order valence-electron chi connectivity index (χ0n) is 17.8. The normalized spacial score (nSPS) is 10.7. The van der Waals surface area contributed by atoms with Gasteiger partial charge in [0, 0.05) is 24.2 Å². The Balaban J connectivity index is 1.72. The molecule has 3 N–H and O–H groups in total. The lowest BCUT2D eigenvalue weighted by atomic mass is 10.2. The number of nitrogens with one attached hydrogen (secondary N) is 3. The van der Waals surface area contributed by atoms with Crippen LogP contribution < -0.4 is 20.7 Å². The van der Waals surface area contributed by atoms with Crippen LogP contribution in [-0.4, -0.2) is 36.2 Å². The van der Waals surface area contributed by atoms with Crippen LogP contribution in [0.25, 0.3) is 0 Å². The van der Waals surface area contributed by atoms with Gasteiger partial charge in [0.25, 0.3) is 0 Å². The van der Waals surface area contributed by atoms with Crippen molar-refractivity contribution < 1.29 is 20.0 Å². The van der Waals surface area contributed by atoms with Gasteiger partial charge >= 0.3 is 0 Å². The largest absolute Gasteiger partial charge is 0.491 e. The van der Waals surface area contributed by atoms with E-state index in [1.165, 1.54) is 12.1 Å². The van der Waals surface area contributed by atoms with Crippen molar-refractivity contribution in [2.24, 2.45) is 0 Å². The average molecular weight is 424 g/mol. The van der Waals surface area contributed by atoms with Gasteiger partial charge in [-0.15, -0.1) is 0 Å². The van der Waals surface area contributed by atoms with Crippen molar-refractivity contribution in [3.63, 3.8) is 0 Å². The lowest BCUT2D eigenvalue weighted by Crippen LogP contribution is -2.07. The van der Waals surface area contributed by atoms with Gasteiger partial charge in [-0.3, -0.25) is 4.79 Å². The molecule has 0 aliphatic heterocycles. The number of methoxy groups -OCH3 is 1. The Morgan fingerprint density at radius 3 is 2.68 bits per heavy atom. The van der Waals surface area contributed by atoms with Crippen LogP contribution in [0, 0.1) is 5.82 Å². The lowest BCUT2D eigenvalue weighted by Gasteiger charge is -2.11. The fourth-order valence-electron chi connectivity index (χ4n) is 2.47. The van der Waals surface area contributed by atoms with Crippen LogP contribution in [0.15, 0.2) is 67.4 Å². The molecule has 0 radical (unpaired) electrons. The van der Waals surface area contributed by atoms with Crippen molar-refractivity contribution in [3.8, 4) is 5.75 Å². The number of carbonyl (C=O) groups excluding carboxylic acids is 1. The number of ether oxygens (including phenoxy) is 2. The van der Waals surface area contributed by atoms with Gasteiger partial charge in [0.2, 0.25) is 11.9 Å². The first-order valence-electron chi connectivity index (χ1n) is 9.80. The fraction of sp³-hybridized carbons (Fsp3) is 0.136. The lowest BCUT2D eigenvalue weighted by molar-refractivity contribution is -0.111. The molecule has 0 aliphatic rings. The summed E-state index contributed by atoms with van der Waals surface area (Å²) in [5, 5.41) is 8.37. The molecule has 0 atom stereocenters. The van der Waals surface area contributed by atoms with Crippen molar-refractivity contribution >= 4 is 34.7 Å². The van der Waals surface area contributed by atoms with E-state index in [1.807, 2.05) is 0 Å². The minimum Gasteiger partial charge on any atom is -0.491 e. The Morgan fingerprint density at radius 2 is 1.94 bits per heavy atom. The number of anilines is 5. The maximum absolute atomic E-state index is 14.3.